The van der Waals surface area contributed by atoms with Crippen LogP contribution in [-0.4, -0.2) is 17.0 Å². The molecule has 4 fully saturated rings. The average Bonchev–Trinajstić information content (AvgIpc) is 2.85. The van der Waals surface area contributed by atoms with Crippen LogP contribution in [0.5, 0.6) is 0 Å². The van der Waals surface area contributed by atoms with Crippen LogP contribution in [0.1, 0.15) is 78.6 Å². The number of aliphatic hydroxyl groups is 1. The minimum Gasteiger partial charge on any atom is -0.393 e. The maximum atomic E-state index is 12.2. The van der Waals surface area contributed by atoms with Crippen molar-refractivity contribution in [2.45, 2.75) is 84.7 Å². The highest BCUT2D eigenvalue weighted by molar-refractivity contribution is 5.79. The standard InChI is InChI=1S/C21H34O2/c1-13(22)17-6-7-18-16-5-4-14-12-15(23)8-10-20(14,2)19(16)9-11-21(17,18)3/h14-19,23H,4-12H2,1-3H3/t14-,15-,16-,17+,18-,19-,20-,21+/m0/s1. The van der Waals surface area contributed by atoms with Gasteiger partial charge in [-0.2, -0.15) is 0 Å². The molecule has 0 aromatic rings. The summed E-state index contributed by atoms with van der Waals surface area (Å²) in [4.78, 5) is 12.2. The zero-order valence-corrected chi connectivity index (χ0v) is 15.2. The molecule has 8 atom stereocenters. The molecule has 1 N–H and O–H groups in total. The van der Waals surface area contributed by atoms with Gasteiger partial charge in [0.15, 0.2) is 0 Å². The molecule has 4 rings (SSSR count). The van der Waals surface area contributed by atoms with Crippen molar-refractivity contribution in [3.8, 4) is 0 Å². The second-order valence-corrected chi connectivity index (χ2v) is 9.87. The van der Waals surface area contributed by atoms with Crippen LogP contribution in [0.4, 0.5) is 0 Å². The summed E-state index contributed by atoms with van der Waals surface area (Å²) < 4.78 is 0. The van der Waals surface area contributed by atoms with Gasteiger partial charge in [-0.15, -0.1) is 0 Å². The van der Waals surface area contributed by atoms with Crippen molar-refractivity contribution in [3.05, 3.63) is 0 Å². The van der Waals surface area contributed by atoms with E-state index in [0.29, 0.717) is 17.1 Å². The first-order valence-corrected chi connectivity index (χ1v) is 10.0. The van der Waals surface area contributed by atoms with E-state index in [1.54, 1.807) is 0 Å². The van der Waals surface area contributed by atoms with Crippen molar-refractivity contribution in [1.82, 2.24) is 0 Å². The van der Waals surface area contributed by atoms with E-state index in [4.69, 9.17) is 0 Å². The molecule has 0 heterocycles. The number of ketones is 1. The molecule has 4 aliphatic rings. The molecule has 0 aliphatic heterocycles. The molecule has 4 aliphatic carbocycles. The van der Waals surface area contributed by atoms with Crippen molar-refractivity contribution in [2.75, 3.05) is 0 Å². The van der Waals surface area contributed by atoms with Crippen LogP contribution in [-0.2, 0) is 4.79 Å². The summed E-state index contributed by atoms with van der Waals surface area (Å²) in [6.07, 6.45) is 10.9. The average molecular weight is 319 g/mol. The highest BCUT2D eigenvalue weighted by atomic mass is 16.3. The second-order valence-electron chi connectivity index (χ2n) is 9.87. The lowest BCUT2D eigenvalue weighted by atomic mass is 9.44. The monoisotopic (exact) mass is 318 g/mol. The smallest absolute Gasteiger partial charge is 0.133 e. The predicted molar refractivity (Wildman–Crippen MR) is 91.9 cm³/mol. The fraction of sp³-hybridized carbons (Fsp3) is 0.952. The normalized spacial score (nSPS) is 55.7. The van der Waals surface area contributed by atoms with Gasteiger partial charge in [0.05, 0.1) is 6.10 Å². The van der Waals surface area contributed by atoms with Crippen LogP contribution in [0.3, 0.4) is 0 Å². The van der Waals surface area contributed by atoms with Crippen molar-refractivity contribution < 1.29 is 9.90 Å². The summed E-state index contributed by atoms with van der Waals surface area (Å²) in [5.41, 5.74) is 0.738. The Morgan fingerprint density at radius 2 is 1.61 bits per heavy atom. The van der Waals surface area contributed by atoms with Gasteiger partial charge < -0.3 is 5.11 Å². The molecular formula is C21H34O2. The first-order valence-electron chi connectivity index (χ1n) is 10.0. The van der Waals surface area contributed by atoms with E-state index >= 15 is 0 Å². The zero-order valence-electron chi connectivity index (χ0n) is 15.2. The van der Waals surface area contributed by atoms with Crippen molar-refractivity contribution in [3.63, 3.8) is 0 Å². The molecule has 130 valence electrons. The van der Waals surface area contributed by atoms with Crippen LogP contribution in [0.15, 0.2) is 0 Å². The predicted octanol–water partition coefficient (Wildman–Crippen LogP) is 4.60. The van der Waals surface area contributed by atoms with Gasteiger partial charge in [0, 0.05) is 5.92 Å². The fourth-order valence-corrected chi connectivity index (χ4v) is 7.90. The Kier molecular flexibility index (Phi) is 3.72. The minimum atomic E-state index is -0.0490. The maximum absolute atomic E-state index is 12.2. The summed E-state index contributed by atoms with van der Waals surface area (Å²) in [7, 11) is 0. The summed E-state index contributed by atoms with van der Waals surface area (Å²) >= 11 is 0. The highest BCUT2D eigenvalue weighted by Gasteiger charge is 2.60. The number of fused-ring (bicyclic) bond motifs is 5. The Morgan fingerprint density at radius 1 is 0.913 bits per heavy atom. The lowest BCUT2D eigenvalue weighted by Crippen LogP contribution is -2.54. The lowest BCUT2D eigenvalue weighted by Gasteiger charge is -2.60. The SMILES string of the molecule is CC(=O)[C@H]1CC[C@H]2[C@@H]3CC[C@H]4C[C@@H](O)CC[C@]4(C)[C@H]3CC[C@]12C. The quantitative estimate of drug-likeness (QED) is 0.767. The van der Waals surface area contributed by atoms with Gasteiger partial charge in [0.1, 0.15) is 5.78 Å². The summed E-state index contributed by atoms with van der Waals surface area (Å²) in [5, 5.41) is 10.1. The minimum absolute atomic E-state index is 0.0490. The Bertz CT molecular complexity index is 500. The van der Waals surface area contributed by atoms with E-state index < -0.39 is 0 Å². The molecule has 0 aromatic heterocycles. The number of carbonyl (C=O) groups excluding carboxylic acids is 1. The van der Waals surface area contributed by atoms with Gasteiger partial charge in [-0.3, -0.25) is 4.79 Å². The number of Topliss-reactive ketones (excluding diaryl/α,β-unsaturated/α-hetero) is 1. The molecule has 0 bridgehead atoms. The topological polar surface area (TPSA) is 37.3 Å². The molecule has 0 aromatic carbocycles. The first-order chi connectivity index (χ1) is 10.9. The molecule has 2 nitrogen and oxygen atoms in total. The Hall–Kier alpha value is -0.370. The number of rotatable bonds is 1. The molecule has 0 amide bonds. The third-order valence-electron chi connectivity index (χ3n) is 9.13. The van der Waals surface area contributed by atoms with Crippen molar-refractivity contribution in [1.29, 1.82) is 0 Å². The van der Waals surface area contributed by atoms with Crippen LogP contribution in [0.25, 0.3) is 0 Å². The molecule has 0 saturated heterocycles. The van der Waals surface area contributed by atoms with Crippen molar-refractivity contribution in [2.24, 2.45) is 40.4 Å². The highest BCUT2D eigenvalue weighted by Crippen LogP contribution is 2.67. The van der Waals surface area contributed by atoms with E-state index in [1.165, 1.54) is 38.5 Å². The Morgan fingerprint density at radius 3 is 2.35 bits per heavy atom. The van der Waals surface area contributed by atoms with Gasteiger partial charge in [0.25, 0.3) is 0 Å². The van der Waals surface area contributed by atoms with E-state index in [0.717, 1.165) is 42.9 Å². The molecular weight excluding hydrogens is 284 g/mol. The van der Waals surface area contributed by atoms with Gasteiger partial charge >= 0.3 is 0 Å². The van der Waals surface area contributed by atoms with Crippen molar-refractivity contribution >= 4 is 5.78 Å². The molecule has 4 saturated carbocycles. The zero-order chi connectivity index (χ0) is 16.4. The second kappa shape index (κ2) is 5.31. The maximum Gasteiger partial charge on any atom is 0.133 e. The largest absolute Gasteiger partial charge is 0.393 e. The number of hydrogen-bond donors (Lipinski definition) is 1. The molecule has 0 radical (unpaired) electrons. The van der Waals surface area contributed by atoms with Crippen LogP contribution < -0.4 is 0 Å². The molecule has 2 heteroatoms. The number of aliphatic hydroxyl groups excluding tert-OH is 1. The van der Waals surface area contributed by atoms with E-state index in [9.17, 15) is 9.90 Å². The van der Waals surface area contributed by atoms with Gasteiger partial charge in [-0.25, -0.2) is 0 Å². The summed E-state index contributed by atoms with van der Waals surface area (Å²) in [6, 6.07) is 0. The Labute approximate surface area is 141 Å². The van der Waals surface area contributed by atoms with E-state index in [1.807, 2.05) is 6.92 Å². The Balaban J connectivity index is 1.61. The molecule has 23 heavy (non-hydrogen) atoms. The van der Waals surface area contributed by atoms with E-state index in [-0.39, 0.29) is 11.5 Å². The van der Waals surface area contributed by atoms with Crippen LogP contribution >= 0.6 is 0 Å². The van der Waals surface area contributed by atoms with Gasteiger partial charge in [-0.05, 0) is 99.2 Å². The van der Waals surface area contributed by atoms with Gasteiger partial charge in [0.2, 0.25) is 0 Å². The molecule has 0 unspecified atom stereocenters. The summed E-state index contributed by atoms with van der Waals surface area (Å²) in [6.45, 7) is 6.80. The third-order valence-corrected chi connectivity index (χ3v) is 9.13. The van der Waals surface area contributed by atoms with Gasteiger partial charge in [-0.1, -0.05) is 13.8 Å². The lowest BCUT2D eigenvalue weighted by molar-refractivity contribution is -0.138. The molecule has 0 spiro atoms. The van der Waals surface area contributed by atoms with E-state index in [2.05, 4.69) is 13.8 Å². The fourth-order valence-electron chi connectivity index (χ4n) is 7.90. The number of hydrogen-bond acceptors (Lipinski definition) is 2. The third kappa shape index (κ3) is 2.19. The summed E-state index contributed by atoms with van der Waals surface area (Å²) in [5.74, 6) is 3.97. The van der Waals surface area contributed by atoms with Crippen LogP contribution in [0.2, 0.25) is 0 Å². The van der Waals surface area contributed by atoms with Crippen LogP contribution in [0, 0.1) is 40.4 Å². The number of carbonyl (C=O) groups is 1. The first kappa shape index (κ1) is 16.1.